The number of nitrogens with one attached hydrogen (secondary N) is 1. The summed E-state index contributed by atoms with van der Waals surface area (Å²) in [6, 6.07) is 3.88. The molecule has 4 nitrogen and oxygen atoms in total. The number of pyridine rings is 1. The molecule has 0 radical (unpaired) electrons. The number of carbonyl (C=O) groups excluding carboxylic acids is 1. The average molecular weight is 222 g/mol. The summed E-state index contributed by atoms with van der Waals surface area (Å²) in [7, 11) is 0. The van der Waals surface area contributed by atoms with Gasteiger partial charge in [-0.25, -0.2) is 0 Å². The van der Waals surface area contributed by atoms with Crippen molar-refractivity contribution in [2.45, 2.75) is 26.4 Å². The molecule has 0 aliphatic carbocycles. The number of carbonyl (C=O) groups is 1. The summed E-state index contributed by atoms with van der Waals surface area (Å²) >= 11 is 0. The quantitative estimate of drug-likeness (QED) is 0.786. The third kappa shape index (κ3) is 5.46. The summed E-state index contributed by atoms with van der Waals surface area (Å²) in [5.74, 6) is -0.0669. The van der Waals surface area contributed by atoms with Gasteiger partial charge in [0.15, 0.2) is 0 Å². The Balaban J connectivity index is 2.13. The normalized spacial score (nSPS) is 10.4. The molecule has 0 atom stereocenters. The SMILES string of the molecule is CC(C)OCC(=O)NCCc1ccncc1. The summed E-state index contributed by atoms with van der Waals surface area (Å²) in [5.41, 5.74) is 1.17. The molecule has 0 saturated heterocycles. The minimum absolute atomic E-state index is 0.0669. The second kappa shape index (κ2) is 6.95. The largest absolute Gasteiger partial charge is 0.369 e. The lowest BCUT2D eigenvalue weighted by Crippen LogP contribution is -2.30. The number of nitrogens with zero attached hydrogens (tertiary/aromatic N) is 1. The van der Waals surface area contributed by atoms with Crippen LogP contribution in [0.15, 0.2) is 24.5 Å². The maximum absolute atomic E-state index is 11.3. The van der Waals surface area contributed by atoms with E-state index in [0.29, 0.717) is 6.54 Å². The second-order valence-electron chi connectivity index (χ2n) is 3.82. The number of ether oxygens (including phenoxy) is 1. The van der Waals surface area contributed by atoms with Crippen LogP contribution in [0.4, 0.5) is 0 Å². The molecule has 0 aliphatic heterocycles. The third-order valence-corrected chi connectivity index (χ3v) is 2.03. The lowest BCUT2D eigenvalue weighted by molar-refractivity contribution is -0.127. The van der Waals surface area contributed by atoms with E-state index < -0.39 is 0 Å². The molecular weight excluding hydrogens is 204 g/mol. The molecule has 16 heavy (non-hydrogen) atoms. The number of hydrogen-bond donors (Lipinski definition) is 1. The minimum atomic E-state index is -0.0669. The van der Waals surface area contributed by atoms with Crippen molar-refractivity contribution in [1.82, 2.24) is 10.3 Å². The van der Waals surface area contributed by atoms with Crippen LogP contribution in [0.3, 0.4) is 0 Å². The van der Waals surface area contributed by atoms with E-state index in [4.69, 9.17) is 4.74 Å². The van der Waals surface area contributed by atoms with Crippen LogP contribution in [0.25, 0.3) is 0 Å². The van der Waals surface area contributed by atoms with Gasteiger partial charge >= 0.3 is 0 Å². The van der Waals surface area contributed by atoms with E-state index in [1.165, 1.54) is 5.56 Å². The lowest BCUT2D eigenvalue weighted by atomic mass is 10.2. The van der Waals surface area contributed by atoms with Gasteiger partial charge in [0.05, 0.1) is 6.10 Å². The van der Waals surface area contributed by atoms with Crippen molar-refractivity contribution in [1.29, 1.82) is 0 Å². The smallest absolute Gasteiger partial charge is 0.246 e. The molecule has 1 heterocycles. The second-order valence-corrected chi connectivity index (χ2v) is 3.82. The van der Waals surface area contributed by atoms with E-state index in [0.717, 1.165) is 6.42 Å². The Hall–Kier alpha value is -1.42. The minimum Gasteiger partial charge on any atom is -0.369 e. The van der Waals surface area contributed by atoms with Crippen molar-refractivity contribution in [3.63, 3.8) is 0 Å². The zero-order chi connectivity index (χ0) is 11.8. The molecule has 4 heteroatoms. The maximum atomic E-state index is 11.3. The first-order valence-electron chi connectivity index (χ1n) is 5.45. The molecule has 1 N–H and O–H groups in total. The molecule has 88 valence electrons. The van der Waals surface area contributed by atoms with E-state index >= 15 is 0 Å². The molecule has 1 aromatic rings. The Bertz CT molecular complexity index is 312. The van der Waals surface area contributed by atoms with Crippen molar-refractivity contribution >= 4 is 5.91 Å². The lowest BCUT2D eigenvalue weighted by Gasteiger charge is -2.08. The number of aromatic nitrogens is 1. The molecule has 0 unspecified atom stereocenters. The predicted octanol–water partition coefficient (Wildman–Crippen LogP) is 1.17. The van der Waals surface area contributed by atoms with Crippen LogP contribution in [-0.4, -0.2) is 30.1 Å². The van der Waals surface area contributed by atoms with Gasteiger partial charge in [0.2, 0.25) is 5.91 Å². The highest BCUT2D eigenvalue weighted by Crippen LogP contribution is 1.95. The Morgan fingerprint density at radius 2 is 2.12 bits per heavy atom. The number of amides is 1. The van der Waals surface area contributed by atoms with Gasteiger partial charge in [0, 0.05) is 18.9 Å². The van der Waals surface area contributed by atoms with Crippen LogP contribution in [-0.2, 0) is 16.0 Å². The molecule has 0 spiro atoms. The Morgan fingerprint density at radius 3 is 2.75 bits per heavy atom. The summed E-state index contributed by atoms with van der Waals surface area (Å²) in [4.78, 5) is 15.2. The van der Waals surface area contributed by atoms with Crippen molar-refractivity contribution in [3.8, 4) is 0 Å². The van der Waals surface area contributed by atoms with Crippen LogP contribution in [0.5, 0.6) is 0 Å². The third-order valence-electron chi connectivity index (χ3n) is 2.03. The van der Waals surface area contributed by atoms with Gasteiger partial charge in [-0.3, -0.25) is 9.78 Å². The van der Waals surface area contributed by atoms with E-state index in [-0.39, 0.29) is 18.6 Å². The van der Waals surface area contributed by atoms with Crippen LogP contribution >= 0.6 is 0 Å². The fourth-order valence-electron chi connectivity index (χ4n) is 1.19. The zero-order valence-electron chi connectivity index (χ0n) is 9.77. The van der Waals surface area contributed by atoms with Crippen LogP contribution < -0.4 is 5.32 Å². The predicted molar refractivity (Wildman–Crippen MR) is 62.0 cm³/mol. The van der Waals surface area contributed by atoms with E-state index in [2.05, 4.69) is 10.3 Å². The average Bonchev–Trinajstić information content (AvgIpc) is 2.28. The standard InChI is InChI=1S/C12H18N2O2/c1-10(2)16-9-12(15)14-8-5-11-3-6-13-7-4-11/h3-4,6-7,10H,5,8-9H2,1-2H3,(H,14,15). The van der Waals surface area contributed by atoms with Gasteiger partial charge in [-0.15, -0.1) is 0 Å². The van der Waals surface area contributed by atoms with Crippen LogP contribution in [0, 0.1) is 0 Å². The highest BCUT2D eigenvalue weighted by atomic mass is 16.5. The van der Waals surface area contributed by atoms with Gasteiger partial charge in [-0.1, -0.05) is 0 Å². The van der Waals surface area contributed by atoms with E-state index in [1.54, 1.807) is 12.4 Å². The summed E-state index contributed by atoms with van der Waals surface area (Å²) < 4.78 is 5.18. The number of hydrogen-bond acceptors (Lipinski definition) is 3. The molecular formula is C12H18N2O2. The summed E-state index contributed by atoms with van der Waals surface area (Å²) in [6.07, 6.45) is 4.40. The van der Waals surface area contributed by atoms with Gasteiger partial charge < -0.3 is 10.1 Å². The molecule has 0 bridgehead atoms. The first-order chi connectivity index (χ1) is 7.68. The monoisotopic (exact) mass is 222 g/mol. The highest BCUT2D eigenvalue weighted by molar-refractivity contribution is 5.77. The van der Waals surface area contributed by atoms with Gasteiger partial charge in [0.1, 0.15) is 6.61 Å². The molecule has 0 fully saturated rings. The molecule has 0 saturated carbocycles. The van der Waals surface area contributed by atoms with Gasteiger partial charge in [-0.2, -0.15) is 0 Å². The highest BCUT2D eigenvalue weighted by Gasteiger charge is 2.02. The molecule has 0 aromatic carbocycles. The zero-order valence-corrected chi connectivity index (χ0v) is 9.77. The molecule has 1 amide bonds. The van der Waals surface area contributed by atoms with E-state index in [9.17, 15) is 4.79 Å². The van der Waals surface area contributed by atoms with Crippen molar-refractivity contribution in [2.24, 2.45) is 0 Å². The van der Waals surface area contributed by atoms with E-state index in [1.807, 2.05) is 26.0 Å². The maximum Gasteiger partial charge on any atom is 0.246 e. The summed E-state index contributed by atoms with van der Waals surface area (Å²) in [5, 5.41) is 2.80. The van der Waals surface area contributed by atoms with Crippen molar-refractivity contribution < 1.29 is 9.53 Å². The molecule has 0 aliphatic rings. The molecule has 1 aromatic heterocycles. The van der Waals surface area contributed by atoms with Crippen LogP contribution in [0.2, 0.25) is 0 Å². The Morgan fingerprint density at radius 1 is 1.44 bits per heavy atom. The first kappa shape index (κ1) is 12.6. The first-order valence-corrected chi connectivity index (χ1v) is 5.45. The number of rotatable bonds is 6. The van der Waals surface area contributed by atoms with Crippen molar-refractivity contribution in [3.05, 3.63) is 30.1 Å². The fourth-order valence-corrected chi connectivity index (χ4v) is 1.19. The van der Waals surface area contributed by atoms with Gasteiger partial charge in [0.25, 0.3) is 0 Å². The summed E-state index contributed by atoms with van der Waals surface area (Å²) in [6.45, 7) is 4.58. The fraction of sp³-hybridized carbons (Fsp3) is 0.500. The Labute approximate surface area is 96.0 Å². The molecule has 1 rings (SSSR count). The van der Waals surface area contributed by atoms with Crippen molar-refractivity contribution in [2.75, 3.05) is 13.2 Å². The van der Waals surface area contributed by atoms with Crippen LogP contribution in [0.1, 0.15) is 19.4 Å². The topological polar surface area (TPSA) is 51.2 Å². The van der Waals surface area contributed by atoms with Gasteiger partial charge in [-0.05, 0) is 38.0 Å². The Kier molecular flexibility index (Phi) is 5.50.